The van der Waals surface area contributed by atoms with Gasteiger partial charge in [0.05, 0.1) is 11.2 Å². The van der Waals surface area contributed by atoms with Crippen molar-refractivity contribution in [2.24, 2.45) is 0 Å². The number of hydrogen-bond donors (Lipinski definition) is 1. The molecule has 3 rings (SSSR count). The number of aromatic amines is 1. The first-order valence-corrected chi connectivity index (χ1v) is 8.25. The van der Waals surface area contributed by atoms with Gasteiger partial charge in [0.25, 0.3) is 5.78 Å². The van der Waals surface area contributed by atoms with E-state index in [9.17, 15) is 22.4 Å². The molecule has 1 N–H and O–H groups in total. The van der Waals surface area contributed by atoms with E-state index in [1.54, 1.807) is 0 Å². The van der Waals surface area contributed by atoms with E-state index >= 15 is 0 Å². The molecule has 0 atom stereocenters. The molecule has 11 heteroatoms. The first kappa shape index (κ1) is 16.6. The van der Waals surface area contributed by atoms with Gasteiger partial charge in [-0.2, -0.15) is 5.21 Å². The van der Waals surface area contributed by atoms with Crippen LogP contribution >= 0.6 is 0 Å². The Morgan fingerprint density at radius 3 is 2.56 bits per heavy atom. The summed E-state index contributed by atoms with van der Waals surface area (Å²) in [5.74, 6) is -2.77. The molecule has 0 radical (unpaired) electrons. The van der Waals surface area contributed by atoms with Crippen molar-refractivity contribution in [2.75, 3.05) is 0 Å². The minimum absolute atomic E-state index is 0.163. The van der Waals surface area contributed by atoms with Crippen LogP contribution in [0.25, 0.3) is 0 Å². The molecule has 0 aliphatic rings. The number of ketones is 2. The predicted molar refractivity (Wildman–Crippen MR) is 77.8 cm³/mol. The number of nitrogens with one attached hydrogen (secondary N) is 1. The highest BCUT2D eigenvalue weighted by Gasteiger charge is 2.25. The van der Waals surface area contributed by atoms with Crippen LogP contribution in [0.5, 0.6) is 0 Å². The summed E-state index contributed by atoms with van der Waals surface area (Å²) in [6, 6.07) is 5.32. The van der Waals surface area contributed by atoms with Gasteiger partial charge in [-0.25, -0.2) is 12.8 Å². The zero-order valence-corrected chi connectivity index (χ0v) is 13.2. The Morgan fingerprint density at radius 2 is 1.92 bits per heavy atom. The van der Waals surface area contributed by atoms with Gasteiger partial charge in [0, 0.05) is 6.42 Å². The lowest BCUT2D eigenvalue weighted by Crippen LogP contribution is -2.18. The molecule has 0 fully saturated rings. The second-order valence-electron chi connectivity index (χ2n) is 4.90. The molecular weight excluding hydrogens is 355 g/mol. The highest BCUT2D eigenvalue weighted by Crippen LogP contribution is 2.23. The number of rotatable bonds is 6. The van der Waals surface area contributed by atoms with Crippen LogP contribution in [0.3, 0.4) is 0 Å². The fourth-order valence-corrected chi connectivity index (χ4v) is 3.17. The number of tetrazole rings is 1. The molecule has 2 heterocycles. The maximum atomic E-state index is 12.9. The quantitative estimate of drug-likeness (QED) is 0.385. The minimum atomic E-state index is -4.00. The second-order valence-corrected chi connectivity index (χ2v) is 6.78. The Morgan fingerprint density at radius 1 is 1.20 bits per heavy atom. The fraction of sp³-hybridized carbons (Fsp3) is 0.0714. The molecule has 0 unspecified atom stereocenters. The van der Waals surface area contributed by atoms with Crippen LogP contribution in [0, 0.1) is 5.82 Å². The molecule has 25 heavy (non-hydrogen) atoms. The van der Waals surface area contributed by atoms with Crippen molar-refractivity contribution >= 4 is 21.4 Å². The number of hydrogen-bond acceptors (Lipinski definition) is 8. The lowest BCUT2D eigenvalue weighted by atomic mass is 10.1. The highest BCUT2D eigenvalue weighted by molar-refractivity contribution is 7.91. The Balaban J connectivity index is 1.79. The minimum Gasteiger partial charge on any atom is -0.452 e. The number of nitrogens with zero attached hydrogens (tertiary/aromatic N) is 3. The van der Waals surface area contributed by atoms with Gasteiger partial charge in [0.1, 0.15) is 5.82 Å². The summed E-state index contributed by atoms with van der Waals surface area (Å²) < 4.78 is 42.6. The van der Waals surface area contributed by atoms with E-state index in [4.69, 9.17) is 4.42 Å². The topological polar surface area (TPSA) is 136 Å². The van der Waals surface area contributed by atoms with Crippen molar-refractivity contribution in [3.63, 3.8) is 0 Å². The Kier molecular flexibility index (Phi) is 4.23. The van der Waals surface area contributed by atoms with Crippen LogP contribution in [0.15, 0.2) is 51.0 Å². The van der Waals surface area contributed by atoms with Crippen molar-refractivity contribution in [3.05, 3.63) is 53.8 Å². The number of carbonyl (C=O) groups is 2. The van der Waals surface area contributed by atoms with Gasteiger partial charge in [-0.1, -0.05) is 0 Å². The summed E-state index contributed by atoms with van der Waals surface area (Å²) >= 11 is 0. The van der Waals surface area contributed by atoms with E-state index in [1.807, 2.05) is 0 Å². The van der Waals surface area contributed by atoms with E-state index in [1.165, 1.54) is 0 Å². The number of sulfone groups is 1. The van der Waals surface area contributed by atoms with Crippen molar-refractivity contribution in [1.29, 1.82) is 0 Å². The van der Waals surface area contributed by atoms with Crippen LogP contribution in [0.1, 0.15) is 16.2 Å². The molecule has 128 valence electrons. The molecule has 0 saturated heterocycles. The van der Waals surface area contributed by atoms with Crippen molar-refractivity contribution in [3.8, 4) is 0 Å². The maximum Gasteiger partial charge on any atom is 0.269 e. The number of furan rings is 1. The van der Waals surface area contributed by atoms with Gasteiger partial charge in [-0.05, 0) is 41.1 Å². The normalized spacial score (nSPS) is 11.4. The fourth-order valence-electron chi connectivity index (χ4n) is 1.97. The summed E-state index contributed by atoms with van der Waals surface area (Å²) in [5.41, 5.74) is 0.183. The number of carbonyl (C=O) groups excluding carboxylic acids is 2. The maximum absolute atomic E-state index is 12.9. The van der Waals surface area contributed by atoms with E-state index in [-0.39, 0.29) is 16.3 Å². The Bertz CT molecular complexity index is 1030. The van der Waals surface area contributed by atoms with E-state index in [2.05, 4.69) is 20.6 Å². The average Bonchev–Trinajstić information content (AvgIpc) is 3.26. The van der Waals surface area contributed by atoms with Gasteiger partial charge >= 0.3 is 0 Å². The lowest BCUT2D eigenvalue weighted by molar-refractivity contribution is -0.114. The van der Waals surface area contributed by atoms with Crippen LogP contribution in [0.2, 0.25) is 0 Å². The molecular formula is C14H9FN4O5S. The third kappa shape index (κ3) is 3.35. The first-order valence-electron chi connectivity index (χ1n) is 6.77. The number of H-pyrrole nitrogens is 1. The first-order chi connectivity index (χ1) is 11.9. The average molecular weight is 364 g/mol. The van der Waals surface area contributed by atoms with Gasteiger partial charge in [0.2, 0.25) is 26.5 Å². The monoisotopic (exact) mass is 364 g/mol. The smallest absolute Gasteiger partial charge is 0.269 e. The zero-order chi connectivity index (χ0) is 18.0. The largest absolute Gasteiger partial charge is 0.452 e. The lowest BCUT2D eigenvalue weighted by Gasteiger charge is -2.00. The summed E-state index contributed by atoms with van der Waals surface area (Å²) in [5, 5.41) is 11.6. The molecule has 0 aliphatic heterocycles. The molecule has 9 nitrogen and oxygen atoms in total. The second kappa shape index (κ2) is 6.36. The predicted octanol–water partition coefficient (Wildman–Crippen LogP) is 0.759. The van der Waals surface area contributed by atoms with Gasteiger partial charge in [-0.3, -0.25) is 9.59 Å². The zero-order valence-electron chi connectivity index (χ0n) is 12.3. The molecule has 3 aromatic rings. The van der Waals surface area contributed by atoms with Crippen molar-refractivity contribution < 1.29 is 26.8 Å². The molecule has 0 saturated carbocycles. The third-order valence-corrected chi connectivity index (χ3v) is 4.82. The van der Waals surface area contributed by atoms with Crippen molar-refractivity contribution in [1.82, 2.24) is 20.6 Å². The molecule has 2 aromatic heterocycles. The van der Waals surface area contributed by atoms with E-state index in [0.717, 1.165) is 36.6 Å². The Labute approximate surface area is 139 Å². The molecule has 0 bridgehead atoms. The van der Waals surface area contributed by atoms with Crippen LogP contribution in [-0.4, -0.2) is 40.6 Å². The molecule has 0 aliphatic carbocycles. The summed E-state index contributed by atoms with van der Waals surface area (Å²) in [7, 11) is -4.00. The number of halogens is 1. The summed E-state index contributed by atoms with van der Waals surface area (Å²) in [4.78, 5) is 23.5. The van der Waals surface area contributed by atoms with Crippen LogP contribution in [0.4, 0.5) is 4.39 Å². The summed E-state index contributed by atoms with van der Waals surface area (Å²) in [6.45, 7) is 0. The van der Waals surface area contributed by atoms with Gasteiger partial charge in [-0.15, -0.1) is 10.2 Å². The SMILES string of the molecule is O=C(Cc1coc(S(=O)(=O)c2ccc(F)cc2)c1)C(=O)c1nn[nH]n1. The number of Topliss-reactive ketones (excluding diaryl/α,β-unsaturated/α-hetero) is 2. The molecule has 1 aromatic carbocycles. The van der Waals surface area contributed by atoms with E-state index < -0.39 is 38.7 Å². The molecule has 0 amide bonds. The van der Waals surface area contributed by atoms with Crippen LogP contribution < -0.4 is 0 Å². The van der Waals surface area contributed by atoms with Crippen molar-refractivity contribution in [2.45, 2.75) is 16.4 Å². The Hall–Kier alpha value is -3.21. The standard InChI is InChI=1S/C14H9FN4O5S/c15-9-1-3-10(4-2-9)25(22,23)12-6-8(7-24-12)5-11(20)13(21)14-16-18-19-17-14/h1-4,6-7H,5H2,(H,16,17,18,19). The van der Waals surface area contributed by atoms with E-state index in [0.29, 0.717) is 0 Å². The van der Waals surface area contributed by atoms with Gasteiger partial charge < -0.3 is 4.42 Å². The molecule has 0 spiro atoms. The number of benzene rings is 1. The summed E-state index contributed by atoms with van der Waals surface area (Å²) in [6.07, 6.45) is 0.660. The van der Waals surface area contributed by atoms with Gasteiger partial charge in [0.15, 0.2) is 0 Å². The number of aromatic nitrogens is 4. The highest BCUT2D eigenvalue weighted by atomic mass is 32.2. The van der Waals surface area contributed by atoms with Crippen LogP contribution in [-0.2, 0) is 21.1 Å². The third-order valence-electron chi connectivity index (χ3n) is 3.18.